The molecule has 3 N–H and O–H groups in total. The van der Waals surface area contributed by atoms with Gasteiger partial charge >= 0.3 is 0 Å². The summed E-state index contributed by atoms with van der Waals surface area (Å²) in [6.45, 7) is 1.56. The summed E-state index contributed by atoms with van der Waals surface area (Å²) < 4.78 is 24.1. The van der Waals surface area contributed by atoms with E-state index in [1.807, 2.05) is 0 Å². The van der Waals surface area contributed by atoms with Crippen molar-refractivity contribution in [3.8, 4) is 5.75 Å². The maximum Gasteiger partial charge on any atom is 0.146 e. The molecule has 1 saturated heterocycles. The van der Waals surface area contributed by atoms with Crippen LogP contribution in [0.1, 0.15) is 6.42 Å². The van der Waals surface area contributed by atoms with Crippen molar-refractivity contribution >= 4 is 5.69 Å². The van der Waals surface area contributed by atoms with E-state index in [0.717, 1.165) is 6.42 Å². The molecule has 0 amide bonds. The van der Waals surface area contributed by atoms with Gasteiger partial charge in [-0.1, -0.05) is 0 Å². The minimum Gasteiger partial charge on any atom is -0.497 e. The van der Waals surface area contributed by atoms with Crippen LogP contribution in [0.15, 0.2) is 18.2 Å². The smallest absolute Gasteiger partial charge is 0.146 e. The summed E-state index contributed by atoms with van der Waals surface area (Å²) in [5.74, 6) is 0.297. The molecule has 4 nitrogen and oxygen atoms in total. The van der Waals surface area contributed by atoms with Gasteiger partial charge in [0.25, 0.3) is 0 Å². The molecule has 94 valence electrons. The van der Waals surface area contributed by atoms with Crippen LogP contribution in [0.25, 0.3) is 0 Å². The molecule has 1 aliphatic heterocycles. The van der Waals surface area contributed by atoms with Gasteiger partial charge in [-0.2, -0.15) is 0 Å². The Morgan fingerprint density at radius 2 is 2.41 bits per heavy atom. The van der Waals surface area contributed by atoms with Crippen molar-refractivity contribution in [1.29, 1.82) is 0 Å². The number of hydrogen-bond donors (Lipinski definition) is 2. The van der Waals surface area contributed by atoms with Crippen LogP contribution in [0.3, 0.4) is 0 Å². The molecule has 0 aliphatic carbocycles. The van der Waals surface area contributed by atoms with Crippen LogP contribution in [-0.2, 0) is 4.74 Å². The normalized spacial score (nSPS) is 23.7. The van der Waals surface area contributed by atoms with Gasteiger partial charge in [-0.05, 0) is 18.6 Å². The highest BCUT2D eigenvalue weighted by Crippen LogP contribution is 2.27. The third-order valence-electron chi connectivity index (χ3n) is 3.07. The Morgan fingerprint density at radius 3 is 3.00 bits per heavy atom. The fourth-order valence-corrected chi connectivity index (χ4v) is 1.93. The third-order valence-corrected chi connectivity index (χ3v) is 3.07. The molecule has 5 heteroatoms. The summed E-state index contributed by atoms with van der Waals surface area (Å²) in [7, 11) is 1.55. The van der Waals surface area contributed by atoms with Crippen molar-refractivity contribution in [2.75, 3.05) is 32.2 Å². The lowest BCUT2D eigenvalue weighted by atomic mass is 9.98. The first-order valence-electron chi connectivity index (χ1n) is 5.59. The van der Waals surface area contributed by atoms with Crippen molar-refractivity contribution < 1.29 is 13.9 Å². The number of benzene rings is 1. The van der Waals surface area contributed by atoms with Gasteiger partial charge in [0.1, 0.15) is 11.6 Å². The Balaban J connectivity index is 2.22. The van der Waals surface area contributed by atoms with Crippen LogP contribution in [0.2, 0.25) is 0 Å². The predicted octanol–water partition coefficient (Wildman–Crippen LogP) is 1.36. The molecule has 0 radical (unpaired) electrons. The second kappa shape index (κ2) is 4.89. The molecule has 2 rings (SSSR count). The quantitative estimate of drug-likeness (QED) is 0.834. The summed E-state index contributed by atoms with van der Waals surface area (Å²) in [5, 5.41) is 3.14. The minimum absolute atomic E-state index is 0.314. The summed E-state index contributed by atoms with van der Waals surface area (Å²) in [4.78, 5) is 0. The van der Waals surface area contributed by atoms with E-state index in [2.05, 4.69) is 5.32 Å². The van der Waals surface area contributed by atoms with Crippen molar-refractivity contribution in [2.45, 2.75) is 12.0 Å². The highest BCUT2D eigenvalue weighted by Gasteiger charge is 2.34. The van der Waals surface area contributed by atoms with E-state index in [1.165, 1.54) is 6.07 Å². The first-order valence-corrected chi connectivity index (χ1v) is 5.59. The molecular formula is C12H17FN2O2. The summed E-state index contributed by atoms with van der Waals surface area (Å²) in [6.07, 6.45) is 0.778. The van der Waals surface area contributed by atoms with Gasteiger partial charge in [-0.15, -0.1) is 0 Å². The van der Waals surface area contributed by atoms with Gasteiger partial charge in [0.15, 0.2) is 0 Å². The molecule has 0 bridgehead atoms. The average Bonchev–Trinajstić information content (AvgIpc) is 2.81. The van der Waals surface area contributed by atoms with E-state index >= 15 is 0 Å². The standard InChI is InChI=1S/C12H17FN2O2/c1-16-9-2-3-10(13)11(6-9)15-12(7-14)4-5-17-8-12/h2-3,6,15H,4-5,7-8,14H2,1H3. The largest absolute Gasteiger partial charge is 0.497 e. The van der Waals surface area contributed by atoms with Crippen molar-refractivity contribution in [3.63, 3.8) is 0 Å². The Labute approximate surface area is 99.9 Å². The number of methoxy groups -OCH3 is 1. The van der Waals surface area contributed by atoms with Crippen LogP contribution >= 0.6 is 0 Å². The van der Waals surface area contributed by atoms with Crippen LogP contribution < -0.4 is 15.8 Å². The van der Waals surface area contributed by atoms with Gasteiger partial charge < -0.3 is 20.5 Å². The highest BCUT2D eigenvalue weighted by atomic mass is 19.1. The molecule has 1 atom stereocenters. The fourth-order valence-electron chi connectivity index (χ4n) is 1.93. The SMILES string of the molecule is COc1ccc(F)c(NC2(CN)CCOC2)c1. The second-order valence-corrected chi connectivity index (χ2v) is 4.26. The van der Waals surface area contributed by atoms with E-state index in [9.17, 15) is 4.39 Å². The zero-order chi connectivity index (χ0) is 12.3. The van der Waals surface area contributed by atoms with Gasteiger partial charge in [-0.25, -0.2) is 4.39 Å². The molecule has 1 aromatic rings. The zero-order valence-corrected chi connectivity index (χ0v) is 9.83. The van der Waals surface area contributed by atoms with Crippen molar-refractivity contribution in [3.05, 3.63) is 24.0 Å². The number of halogens is 1. The molecular weight excluding hydrogens is 223 g/mol. The van der Waals surface area contributed by atoms with Crippen LogP contribution in [0.5, 0.6) is 5.75 Å². The van der Waals surface area contributed by atoms with Gasteiger partial charge in [0.2, 0.25) is 0 Å². The predicted molar refractivity (Wildman–Crippen MR) is 63.8 cm³/mol. The van der Waals surface area contributed by atoms with Gasteiger partial charge in [0, 0.05) is 19.2 Å². The lowest BCUT2D eigenvalue weighted by molar-refractivity contribution is 0.183. The summed E-state index contributed by atoms with van der Waals surface area (Å²) >= 11 is 0. The minimum atomic E-state index is -0.368. The van der Waals surface area contributed by atoms with Gasteiger partial charge in [-0.3, -0.25) is 0 Å². The molecule has 17 heavy (non-hydrogen) atoms. The Hall–Kier alpha value is -1.33. The van der Waals surface area contributed by atoms with Gasteiger partial charge in [0.05, 0.1) is 24.9 Å². The van der Waals surface area contributed by atoms with E-state index in [-0.39, 0.29) is 11.4 Å². The first-order chi connectivity index (χ1) is 8.19. The summed E-state index contributed by atoms with van der Waals surface area (Å²) in [5.41, 5.74) is 5.78. The lowest BCUT2D eigenvalue weighted by Crippen LogP contribution is -2.46. The fraction of sp³-hybridized carbons (Fsp3) is 0.500. The number of ether oxygens (including phenoxy) is 2. The molecule has 0 aromatic heterocycles. The molecule has 1 fully saturated rings. The number of anilines is 1. The maximum atomic E-state index is 13.7. The van der Waals surface area contributed by atoms with E-state index in [1.54, 1.807) is 19.2 Å². The monoisotopic (exact) mass is 240 g/mol. The Morgan fingerprint density at radius 1 is 1.59 bits per heavy atom. The molecule has 1 aromatic carbocycles. The van der Waals surface area contributed by atoms with Crippen LogP contribution in [0, 0.1) is 5.82 Å². The van der Waals surface area contributed by atoms with Crippen molar-refractivity contribution in [2.24, 2.45) is 5.73 Å². The highest BCUT2D eigenvalue weighted by molar-refractivity contribution is 5.51. The van der Waals surface area contributed by atoms with Crippen molar-refractivity contribution in [1.82, 2.24) is 0 Å². The molecule has 0 spiro atoms. The number of hydrogen-bond acceptors (Lipinski definition) is 4. The maximum absolute atomic E-state index is 13.7. The molecule has 1 aliphatic rings. The number of nitrogens with one attached hydrogen (secondary N) is 1. The average molecular weight is 240 g/mol. The number of rotatable bonds is 4. The first kappa shape index (κ1) is 12.1. The molecule has 0 saturated carbocycles. The second-order valence-electron chi connectivity index (χ2n) is 4.26. The number of nitrogens with two attached hydrogens (primary N) is 1. The van der Waals surface area contributed by atoms with Crippen LogP contribution in [0.4, 0.5) is 10.1 Å². The lowest BCUT2D eigenvalue weighted by Gasteiger charge is -2.28. The Bertz CT molecular complexity index is 392. The van der Waals surface area contributed by atoms with E-state index in [0.29, 0.717) is 31.2 Å². The third kappa shape index (κ3) is 2.50. The summed E-state index contributed by atoms with van der Waals surface area (Å²) in [6, 6.07) is 4.59. The van der Waals surface area contributed by atoms with Crippen LogP contribution in [-0.4, -0.2) is 32.4 Å². The molecule has 1 heterocycles. The van der Waals surface area contributed by atoms with E-state index in [4.69, 9.17) is 15.2 Å². The van der Waals surface area contributed by atoms with E-state index < -0.39 is 0 Å². The molecule has 1 unspecified atom stereocenters. The zero-order valence-electron chi connectivity index (χ0n) is 9.83. The topological polar surface area (TPSA) is 56.5 Å². The Kier molecular flexibility index (Phi) is 3.49.